The van der Waals surface area contributed by atoms with Crippen molar-refractivity contribution in [2.45, 2.75) is 19.3 Å². The fourth-order valence-electron chi connectivity index (χ4n) is 3.16. The highest BCUT2D eigenvalue weighted by molar-refractivity contribution is 7.20. The van der Waals surface area contributed by atoms with Crippen molar-refractivity contribution < 1.29 is 18.6 Å². The van der Waals surface area contributed by atoms with Gasteiger partial charge in [-0.05, 0) is 55.2 Å². The topological polar surface area (TPSA) is 29.5 Å². The van der Waals surface area contributed by atoms with Gasteiger partial charge >= 0.3 is 0 Å². The average Bonchev–Trinajstić information content (AvgIpc) is 2.92. The third-order valence-electron chi connectivity index (χ3n) is 4.68. The number of methoxy groups -OCH3 is 1. The molecule has 1 aliphatic rings. The number of rotatable bonds is 3. The zero-order valence-electron chi connectivity index (χ0n) is 13.9. The van der Waals surface area contributed by atoms with Crippen LogP contribution in [-0.2, 0) is 0 Å². The van der Waals surface area contributed by atoms with Gasteiger partial charge in [-0.3, -0.25) is 0 Å². The number of hydrogen-bond acceptors (Lipinski definition) is 3. The normalized spacial score (nSPS) is 13.8. The Bertz CT molecular complexity index is 1050. The summed E-state index contributed by atoms with van der Waals surface area (Å²) in [7, 11) is 1.38. The molecule has 0 amide bonds. The van der Waals surface area contributed by atoms with Crippen molar-refractivity contribution in [1.29, 1.82) is 0 Å². The van der Waals surface area contributed by atoms with Crippen LogP contribution >= 0.6 is 22.9 Å². The molecule has 0 saturated heterocycles. The molecule has 2 nitrogen and oxygen atoms in total. The Labute approximate surface area is 158 Å². The minimum atomic E-state index is -0.600. The standard InChI is InChI=1S/C20H15ClF2O2S/c1-25-14-8-7-13(21)17(18(14)23)16-12-6-5-11(22)9-15(12)26-20(16)19(24)10-3-2-4-10/h5-9,24H,2-4H2,1H3. The van der Waals surface area contributed by atoms with Crippen LogP contribution in [0.5, 0.6) is 5.75 Å². The summed E-state index contributed by atoms with van der Waals surface area (Å²) in [5.41, 5.74) is 1.56. The van der Waals surface area contributed by atoms with E-state index in [0.29, 0.717) is 20.5 Å². The molecule has 1 aliphatic carbocycles. The number of thiophene rings is 1. The number of hydrogen-bond donors (Lipinski definition) is 1. The molecule has 0 aliphatic heterocycles. The predicted molar refractivity (Wildman–Crippen MR) is 102 cm³/mol. The van der Waals surface area contributed by atoms with E-state index in [0.717, 1.165) is 24.8 Å². The second-order valence-corrected chi connectivity index (χ2v) is 7.65. The van der Waals surface area contributed by atoms with Gasteiger partial charge in [0.1, 0.15) is 11.6 Å². The van der Waals surface area contributed by atoms with Crippen LogP contribution < -0.4 is 4.74 Å². The van der Waals surface area contributed by atoms with E-state index in [9.17, 15) is 9.50 Å². The molecule has 0 spiro atoms. The summed E-state index contributed by atoms with van der Waals surface area (Å²) >= 11 is 7.56. The molecule has 0 atom stereocenters. The molecule has 0 bridgehead atoms. The van der Waals surface area contributed by atoms with Crippen molar-refractivity contribution in [3.8, 4) is 16.9 Å². The Hall–Kier alpha value is -2.11. The molecule has 3 aromatic rings. The summed E-state index contributed by atoms with van der Waals surface area (Å²) in [6.07, 6.45) is 2.63. The van der Waals surface area contributed by atoms with E-state index >= 15 is 4.39 Å². The summed E-state index contributed by atoms with van der Waals surface area (Å²) < 4.78 is 34.5. The highest BCUT2D eigenvalue weighted by Gasteiger charge is 2.26. The number of halogens is 3. The van der Waals surface area contributed by atoms with E-state index in [1.54, 1.807) is 12.1 Å². The molecule has 1 saturated carbocycles. The molecule has 1 N–H and O–H groups in total. The summed E-state index contributed by atoms with van der Waals surface area (Å²) in [4.78, 5) is 0.509. The lowest BCUT2D eigenvalue weighted by Crippen LogP contribution is -2.01. The third-order valence-corrected chi connectivity index (χ3v) is 6.16. The van der Waals surface area contributed by atoms with Crippen LogP contribution in [0.3, 0.4) is 0 Å². The Balaban J connectivity index is 2.09. The fourth-order valence-corrected chi connectivity index (χ4v) is 4.62. The van der Waals surface area contributed by atoms with Gasteiger partial charge in [-0.1, -0.05) is 11.6 Å². The predicted octanol–water partition coefficient (Wildman–Crippen LogP) is 6.96. The maximum absolute atomic E-state index is 15.1. The summed E-state index contributed by atoms with van der Waals surface area (Å²) in [6.45, 7) is 0. The van der Waals surface area contributed by atoms with Gasteiger partial charge in [0.05, 0.1) is 17.0 Å². The number of fused-ring (bicyclic) bond motifs is 1. The van der Waals surface area contributed by atoms with Crippen molar-refractivity contribution in [3.05, 3.63) is 57.4 Å². The molecule has 0 unspecified atom stereocenters. The van der Waals surface area contributed by atoms with E-state index < -0.39 is 5.82 Å². The molecule has 1 heterocycles. The first kappa shape index (κ1) is 17.3. The number of aliphatic hydroxyl groups is 1. The Kier molecular flexibility index (Phi) is 4.37. The van der Waals surface area contributed by atoms with Crippen LogP contribution in [0.4, 0.5) is 8.78 Å². The zero-order chi connectivity index (χ0) is 18.4. The van der Waals surface area contributed by atoms with E-state index in [-0.39, 0.29) is 27.9 Å². The highest BCUT2D eigenvalue weighted by Crippen LogP contribution is 2.48. The van der Waals surface area contributed by atoms with Crippen molar-refractivity contribution in [1.82, 2.24) is 0 Å². The monoisotopic (exact) mass is 392 g/mol. The fraction of sp³-hybridized carbons (Fsp3) is 0.200. The maximum atomic E-state index is 15.1. The molecule has 26 heavy (non-hydrogen) atoms. The molecule has 0 radical (unpaired) electrons. The number of aliphatic hydroxyl groups excluding tert-OH is 1. The van der Waals surface area contributed by atoms with Gasteiger partial charge in [0.25, 0.3) is 0 Å². The van der Waals surface area contributed by atoms with Crippen LogP contribution in [0.25, 0.3) is 27.0 Å². The molecular weight excluding hydrogens is 378 g/mol. The number of allylic oxidation sites excluding steroid dienone is 1. The molecule has 2 aromatic carbocycles. The second kappa shape index (κ2) is 6.56. The van der Waals surface area contributed by atoms with Gasteiger partial charge < -0.3 is 9.84 Å². The Morgan fingerprint density at radius 1 is 1.15 bits per heavy atom. The van der Waals surface area contributed by atoms with E-state index in [4.69, 9.17) is 16.3 Å². The first-order valence-electron chi connectivity index (χ1n) is 8.17. The van der Waals surface area contributed by atoms with Crippen LogP contribution in [-0.4, -0.2) is 12.2 Å². The van der Waals surface area contributed by atoms with Gasteiger partial charge in [0, 0.05) is 21.2 Å². The minimum Gasteiger partial charge on any atom is -0.506 e. The van der Waals surface area contributed by atoms with Crippen molar-refractivity contribution in [3.63, 3.8) is 0 Å². The Morgan fingerprint density at radius 2 is 1.92 bits per heavy atom. The third kappa shape index (κ3) is 2.66. The smallest absolute Gasteiger partial charge is 0.174 e. The zero-order valence-corrected chi connectivity index (χ0v) is 15.5. The summed E-state index contributed by atoms with van der Waals surface area (Å²) in [6, 6.07) is 7.32. The molecular formula is C20H15ClF2O2S. The lowest BCUT2D eigenvalue weighted by atomic mass is 9.89. The first-order valence-corrected chi connectivity index (χ1v) is 9.36. The molecule has 4 rings (SSSR count). The van der Waals surface area contributed by atoms with Gasteiger partial charge in [0.2, 0.25) is 0 Å². The lowest BCUT2D eigenvalue weighted by Gasteiger charge is -2.19. The largest absolute Gasteiger partial charge is 0.506 e. The average molecular weight is 393 g/mol. The van der Waals surface area contributed by atoms with Gasteiger partial charge in [-0.2, -0.15) is 0 Å². The molecule has 6 heteroatoms. The highest BCUT2D eigenvalue weighted by atomic mass is 35.5. The first-order chi connectivity index (χ1) is 12.5. The van der Waals surface area contributed by atoms with Crippen LogP contribution in [0.1, 0.15) is 24.1 Å². The Morgan fingerprint density at radius 3 is 2.58 bits per heavy atom. The number of benzene rings is 2. The maximum Gasteiger partial charge on any atom is 0.174 e. The summed E-state index contributed by atoms with van der Waals surface area (Å²) in [5, 5.41) is 11.6. The van der Waals surface area contributed by atoms with Crippen LogP contribution in [0, 0.1) is 11.6 Å². The second-order valence-electron chi connectivity index (χ2n) is 6.19. The molecule has 1 fully saturated rings. The summed E-state index contributed by atoms with van der Waals surface area (Å²) in [5.74, 6) is -0.778. The van der Waals surface area contributed by atoms with Gasteiger partial charge in [0.15, 0.2) is 11.6 Å². The van der Waals surface area contributed by atoms with Gasteiger partial charge in [-0.15, -0.1) is 11.3 Å². The quantitative estimate of drug-likeness (QED) is 0.488. The van der Waals surface area contributed by atoms with Crippen LogP contribution in [0.2, 0.25) is 5.02 Å². The SMILES string of the molecule is COc1ccc(Cl)c(-c2c(C(O)=C3CCC3)sc3cc(F)ccc23)c1F. The minimum absolute atomic E-state index is 0.0626. The lowest BCUT2D eigenvalue weighted by molar-refractivity contribution is 0.387. The number of ether oxygens (including phenoxy) is 1. The van der Waals surface area contributed by atoms with Crippen molar-refractivity contribution >= 4 is 38.8 Å². The van der Waals surface area contributed by atoms with Crippen LogP contribution in [0.15, 0.2) is 35.9 Å². The van der Waals surface area contributed by atoms with E-state index in [1.807, 2.05) is 0 Å². The van der Waals surface area contributed by atoms with E-state index in [1.165, 1.54) is 36.6 Å². The molecule has 134 valence electrons. The van der Waals surface area contributed by atoms with Crippen molar-refractivity contribution in [2.24, 2.45) is 0 Å². The van der Waals surface area contributed by atoms with Gasteiger partial charge in [-0.25, -0.2) is 8.78 Å². The van der Waals surface area contributed by atoms with Crippen molar-refractivity contribution in [2.75, 3.05) is 7.11 Å². The van der Waals surface area contributed by atoms with E-state index in [2.05, 4.69) is 0 Å². The molecule has 1 aromatic heterocycles.